The second kappa shape index (κ2) is 7.24. The molecule has 0 saturated carbocycles. The van der Waals surface area contributed by atoms with E-state index in [9.17, 15) is 18.0 Å². The molecule has 0 bridgehead atoms. The lowest BCUT2D eigenvalue weighted by molar-refractivity contribution is -0.142. The normalized spacial score (nSPS) is 26.3. The maximum absolute atomic E-state index is 12.1. The van der Waals surface area contributed by atoms with Gasteiger partial charge in [-0.15, -0.1) is 0 Å². The predicted molar refractivity (Wildman–Crippen MR) is 68.1 cm³/mol. The standard InChI is InChI=1S/C12H22F3N3O2/c1-8(11(19)17-7-12(13,14)15)18-4-3-10(20-2)5-9(18)6-16/h8-10H,3-7,16H2,1-2H3,(H,17,19). The molecule has 20 heavy (non-hydrogen) atoms. The molecule has 0 aromatic carbocycles. The molecule has 1 fully saturated rings. The number of nitrogens with two attached hydrogens (primary N) is 1. The van der Waals surface area contributed by atoms with Crippen molar-refractivity contribution in [2.45, 2.75) is 44.1 Å². The molecule has 1 rings (SSSR count). The van der Waals surface area contributed by atoms with Crippen molar-refractivity contribution in [3.05, 3.63) is 0 Å². The van der Waals surface area contributed by atoms with Gasteiger partial charge in [0.25, 0.3) is 0 Å². The first-order chi connectivity index (χ1) is 9.28. The first kappa shape index (κ1) is 17.2. The molecule has 118 valence electrons. The number of amides is 1. The minimum Gasteiger partial charge on any atom is -0.381 e. The Balaban J connectivity index is 2.56. The smallest absolute Gasteiger partial charge is 0.381 e. The highest BCUT2D eigenvalue weighted by Crippen LogP contribution is 2.21. The Morgan fingerprint density at radius 1 is 1.55 bits per heavy atom. The third kappa shape index (κ3) is 4.92. The molecule has 0 aromatic heterocycles. The number of ether oxygens (including phenoxy) is 1. The minimum atomic E-state index is -4.40. The number of halogens is 3. The number of rotatable bonds is 5. The van der Waals surface area contributed by atoms with Gasteiger partial charge in [0, 0.05) is 26.2 Å². The average molecular weight is 297 g/mol. The summed E-state index contributed by atoms with van der Waals surface area (Å²) in [6.45, 7) is 1.22. The number of hydrogen-bond acceptors (Lipinski definition) is 4. The van der Waals surface area contributed by atoms with Gasteiger partial charge in [0.15, 0.2) is 0 Å². The van der Waals surface area contributed by atoms with Crippen LogP contribution in [0.25, 0.3) is 0 Å². The lowest BCUT2D eigenvalue weighted by atomic mass is 9.97. The van der Waals surface area contributed by atoms with E-state index in [2.05, 4.69) is 0 Å². The molecule has 8 heteroatoms. The summed E-state index contributed by atoms with van der Waals surface area (Å²) in [5, 5.41) is 1.91. The van der Waals surface area contributed by atoms with Crippen LogP contribution in [0.4, 0.5) is 13.2 Å². The highest BCUT2D eigenvalue weighted by molar-refractivity contribution is 5.81. The zero-order chi connectivity index (χ0) is 15.3. The van der Waals surface area contributed by atoms with Crippen molar-refractivity contribution in [1.29, 1.82) is 0 Å². The van der Waals surface area contributed by atoms with Crippen LogP contribution in [0.3, 0.4) is 0 Å². The zero-order valence-corrected chi connectivity index (χ0v) is 11.7. The lowest BCUT2D eigenvalue weighted by Gasteiger charge is -2.41. The highest BCUT2D eigenvalue weighted by Gasteiger charge is 2.35. The van der Waals surface area contributed by atoms with Gasteiger partial charge in [-0.2, -0.15) is 13.2 Å². The van der Waals surface area contributed by atoms with Gasteiger partial charge in [0.2, 0.25) is 5.91 Å². The van der Waals surface area contributed by atoms with Crippen molar-refractivity contribution in [3.63, 3.8) is 0 Å². The number of hydrogen-bond donors (Lipinski definition) is 2. The zero-order valence-electron chi connectivity index (χ0n) is 11.7. The van der Waals surface area contributed by atoms with E-state index in [0.29, 0.717) is 19.5 Å². The monoisotopic (exact) mass is 297 g/mol. The molecular formula is C12H22F3N3O2. The highest BCUT2D eigenvalue weighted by atomic mass is 19.4. The van der Waals surface area contributed by atoms with Crippen LogP contribution in [0, 0.1) is 0 Å². The number of methoxy groups -OCH3 is 1. The molecule has 0 aliphatic carbocycles. The molecule has 1 saturated heterocycles. The average Bonchev–Trinajstić information content (AvgIpc) is 2.42. The number of likely N-dealkylation sites (tertiary alicyclic amines) is 1. The number of piperidine rings is 1. The van der Waals surface area contributed by atoms with E-state index < -0.39 is 24.7 Å². The van der Waals surface area contributed by atoms with E-state index in [1.165, 1.54) is 0 Å². The number of carbonyl (C=O) groups is 1. The predicted octanol–water partition coefficient (Wildman–Crippen LogP) is 0.492. The van der Waals surface area contributed by atoms with E-state index in [1.807, 2.05) is 10.2 Å². The van der Waals surface area contributed by atoms with Crippen LogP contribution in [0.2, 0.25) is 0 Å². The summed E-state index contributed by atoms with van der Waals surface area (Å²) in [7, 11) is 1.62. The third-order valence-corrected chi connectivity index (χ3v) is 3.66. The summed E-state index contributed by atoms with van der Waals surface area (Å²) in [6.07, 6.45) is -2.88. The maximum atomic E-state index is 12.1. The first-order valence-corrected chi connectivity index (χ1v) is 6.61. The molecule has 3 atom stereocenters. The summed E-state index contributed by atoms with van der Waals surface area (Å²) < 4.78 is 41.6. The number of nitrogens with one attached hydrogen (secondary N) is 1. The fourth-order valence-electron chi connectivity index (χ4n) is 2.47. The Labute approximate surface area is 116 Å². The first-order valence-electron chi connectivity index (χ1n) is 6.61. The Kier molecular flexibility index (Phi) is 6.22. The summed E-state index contributed by atoms with van der Waals surface area (Å²) >= 11 is 0. The second-order valence-corrected chi connectivity index (χ2v) is 5.02. The molecule has 3 N–H and O–H groups in total. The topological polar surface area (TPSA) is 67.6 Å². The molecule has 1 aliphatic rings. The molecule has 1 heterocycles. The van der Waals surface area contributed by atoms with Gasteiger partial charge in [0.1, 0.15) is 6.54 Å². The molecule has 5 nitrogen and oxygen atoms in total. The van der Waals surface area contributed by atoms with Crippen molar-refractivity contribution in [2.24, 2.45) is 5.73 Å². The molecule has 3 unspecified atom stereocenters. The number of carbonyl (C=O) groups excluding carboxylic acids is 1. The van der Waals surface area contributed by atoms with Crippen molar-refractivity contribution < 1.29 is 22.7 Å². The Hall–Kier alpha value is -0.860. The Morgan fingerprint density at radius 2 is 2.20 bits per heavy atom. The summed E-state index contributed by atoms with van der Waals surface area (Å²) in [5.41, 5.74) is 5.68. The largest absolute Gasteiger partial charge is 0.405 e. The van der Waals surface area contributed by atoms with Crippen molar-refractivity contribution in [2.75, 3.05) is 26.7 Å². The Bertz CT molecular complexity index is 326. The lowest BCUT2D eigenvalue weighted by Crippen LogP contribution is -2.56. The van der Waals surface area contributed by atoms with Gasteiger partial charge in [-0.3, -0.25) is 9.69 Å². The van der Waals surface area contributed by atoms with Crippen molar-refractivity contribution in [1.82, 2.24) is 10.2 Å². The van der Waals surface area contributed by atoms with E-state index >= 15 is 0 Å². The van der Waals surface area contributed by atoms with Gasteiger partial charge >= 0.3 is 6.18 Å². The third-order valence-electron chi connectivity index (χ3n) is 3.66. The quantitative estimate of drug-likeness (QED) is 0.775. The fourth-order valence-corrected chi connectivity index (χ4v) is 2.47. The van der Waals surface area contributed by atoms with Gasteiger partial charge in [0.05, 0.1) is 12.1 Å². The van der Waals surface area contributed by atoms with Crippen LogP contribution in [0.1, 0.15) is 19.8 Å². The van der Waals surface area contributed by atoms with Crippen molar-refractivity contribution >= 4 is 5.91 Å². The van der Waals surface area contributed by atoms with Crippen LogP contribution in [-0.2, 0) is 9.53 Å². The van der Waals surface area contributed by atoms with Crippen LogP contribution >= 0.6 is 0 Å². The molecule has 0 spiro atoms. The maximum Gasteiger partial charge on any atom is 0.405 e. The van der Waals surface area contributed by atoms with E-state index in [1.54, 1.807) is 14.0 Å². The molecular weight excluding hydrogens is 275 g/mol. The van der Waals surface area contributed by atoms with Gasteiger partial charge in [-0.1, -0.05) is 0 Å². The fraction of sp³-hybridized carbons (Fsp3) is 0.917. The van der Waals surface area contributed by atoms with Gasteiger partial charge < -0.3 is 15.8 Å². The van der Waals surface area contributed by atoms with Gasteiger partial charge in [-0.25, -0.2) is 0 Å². The molecule has 1 amide bonds. The second-order valence-electron chi connectivity index (χ2n) is 5.02. The van der Waals surface area contributed by atoms with E-state index in [0.717, 1.165) is 6.42 Å². The summed E-state index contributed by atoms with van der Waals surface area (Å²) in [6, 6.07) is -0.691. The summed E-state index contributed by atoms with van der Waals surface area (Å²) in [5.74, 6) is -0.628. The van der Waals surface area contributed by atoms with Crippen LogP contribution in [0.5, 0.6) is 0 Å². The van der Waals surface area contributed by atoms with Crippen molar-refractivity contribution in [3.8, 4) is 0 Å². The van der Waals surface area contributed by atoms with Crippen LogP contribution < -0.4 is 11.1 Å². The SMILES string of the molecule is COC1CCN(C(C)C(=O)NCC(F)(F)F)C(CN)C1. The van der Waals surface area contributed by atoms with Crippen LogP contribution in [0.15, 0.2) is 0 Å². The van der Waals surface area contributed by atoms with Gasteiger partial charge in [-0.05, 0) is 19.8 Å². The minimum absolute atomic E-state index is 0.0552. The molecule has 0 radical (unpaired) electrons. The van der Waals surface area contributed by atoms with E-state index in [-0.39, 0.29) is 12.1 Å². The summed E-state index contributed by atoms with van der Waals surface area (Å²) in [4.78, 5) is 13.6. The van der Waals surface area contributed by atoms with Crippen LogP contribution in [-0.4, -0.2) is 61.9 Å². The number of nitrogens with zero attached hydrogens (tertiary/aromatic N) is 1. The Morgan fingerprint density at radius 3 is 2.70 bits per heavy atom. The molecule has 0 aromatic rings. The van der Waals surface area contributed by atoms with E-state index in [4.69, 9.17) is 10.5 Å². The molecule has 1 aliphatic heterocycles. The number of alkyl halides is 3.